The van der Waals surface area contributed by atoms with Gasteiger partial charge in [-0.3, -0.25) is 14.7 Å². The molecule has 0 unspecified atom stereocenters. The zero-order valence-corrected chi connectivity index (χ0v) is 12.0. The average Bonchev–Trinajstić information content (AvgIpc) is 2.96. The molecule has 0 aliphatic carbocycles. The summed E-state index contributed by atoms with van der Waals surface area (Å²) in [5.41, 5.74) is 0. The molecule has 116 valence electrons. The van der Waals surface area contributed by atoms with Crippen molar-refractivity contribution in [1.82, 2.24) is 20.1 Å². The molecule has 21 heavy (non-hydrogen) atoms. The van der Waals surface area contributed by atoms with Crippen LogP contribution in [-0.2, 0) is 16.0 Å². The first-order valence-corrected chi connectivity index (χ1v) is 7.14. The van der Waals surface area contributed by atoms with Crippen LogP contribution in [0.15, 0.2) is 0 Å². The first-order chi connectivity index (χ1) is 10.1. The van der Waals surface area contributed by atoms with E-state index in [1.165, 1.54) is 0 Å². The number of carboxylic acid groups (broad SMARTS) is 1. The van der Waals surface area contributed by atoms with Gasteiger partial charge in [-0.1, -0.05) is 6.92 Å². The number of carboxylic acids is 1. The molecule has 1 aromatic rings. The molecule has 1 aliphatic rings. The van der Waals surface area contributed by atoms with Crippen LogP contribution in [0.25, 0.3) is 0 Å². The molecule has 1 aliphatic heterocycles. The predicted octanol–water partition coefficient (Wildman–Crippen LogP) is 0.463. The number of hydrogen-bond donors (Lipinski definition) is 2. The van der Waals surface area contributed by atoms with Crippen molar-refractivity contribution in [2.24, 2.45) is 0 Å². The van der Waals surface area contributed by atoms with E-state index in [9.17, 15) is 9.59 Å². The Balaban J connectivity index is 1.77. The molecule has 0 aromatic carbocycles. The van der Waals surface area contributed by atoms with Crippen LogP contribution in [0.5, 0.6) is 0 Å². The minimum absolute atomic E-state index is 0.0100. The summed E-state index contributed by atoms with van der Waals surface area (Å²) in [6.07, 6.45) is 2.15. The number of aliphatic carboxylic acids is 1. The maximum Gasteiger partial charge on any atom is 0.305 e. The summed E-state index contributed by atoms with van der Waals surface area (Å²) < 4.78 is 5.49. The van der Waals surface area contributed by atoms with E-state index in [4.69, 9.17) is 9.84 Å². The van der Waals surface area contributed by atoms with Crippen LogP contribution in [0.2, 0.25) is 0 Å². The van der Waals surface area contributed by atoms with Gasteiger partial charge in [0.1, 0.15) is 5.82 Å². The van der Waals surface area contributed by atoms with E-state index in [2.05, 4.69) is 15.2 Å². The summed E-state index contributed by atoms with van der Waals surface area (Å²) in [5.74, 6) is -0.128. The number of aromatic nitrogens is 3. The number of likely N-dealkylation sites (tertiary alicyclic amines) is 1. The van der Waals surface area contributed by atoms with Gasteiger partial charge in [0, 0.05) is 19.5 Å². The van der Waals surface area contributed by atoms with E-state index in [1.54, 1.807) is 4.90 Å². The average molecular weight is 296 g/mol. The second kappa shape index (κ2) is 7.16. The van der Waals surface area contributed by atoms with Gasteiger partial charge < -0.3 is 14.7 Å². The fourth-order valence-electron chi connectivity index (χ4n) is 2.23. The van der Waals surface area contributed by atoms with Gasteiger partial charge >= 0.3 is 5.97 Å². The van der Waals surface area contributed by atoms with Crippen molar-refractivity contribution in [2.45, 2.75) is 38.7 Å². The van der Waals surface area contributed by atoms with E-state index >= 15 is 0 Å². The van der Waals surface area contributed by atoms with Crippen LogP contribution < -0.4 is 0 Å². The number of hydrogen-bond acceptors (Lipinski definition) is 5. The van der Waals surface area contributed by atoms with Gasteiger partial charge in [0.15, 0.2) is 0 Å². The van der Waals surface area contributed by atoms with Gasteiger partial charge in [-0.05, 0) is 12.8 Å². The number of piperidine rings is 1. The third-order valence-corrected chi connectivity index (χ3v) is 3.46. The fourth-order valence-corrected chi connectivity index (χ4v) is 2.23. The Bertz CT molecular complexity index is 494. The lowest BCUT2D eigenvalue weighted by atomic mass is 10.1. The summed E-state index contributed by atoms with van der Waals surface area (Å²) in [6, 6.07) is 0. The topological polar surface area (TPSA) is 108 Å². The Labute approximate surface area is 122 Å². The van der Waals surface area contributed by atoms with Gasteiger partial charge in [-0.2, -0.15) is 0 Å². The van der Waals surface area contributed by atoms with Gasteiger partial charge in [-0.15, -0.1) is 5.10 Å². The molecule has 0 bridgehead atoms. The number of nitrogens with one attached hydrogen (secondary N) is 1. The summed E-state index contributed by atoms with van der Waals surface area (Å²) in [4.78, 5) is 28.5. The lowest BCUT2D eigenvalue weighted by molar-refractivity contribution is -0.138. The summed E-state index contributed by atoms with van der Waals surface area (Å²) in [7, 11) is 0. The molecule has 8 heteroatoms. The highest BCUT2D eigenvalue weighted by atomic mass is 16.5. The normalized spacial score (nSPS) is 16.1. The number of aryl methyl sites for hydroxylation is 1. The molecule has 2 N–H and O–H groups in total. The molecule has 1 saturated heterocycles. The molecule has 2 rings (SSSR count). The van der Waals surface area contributed by atoms with E-state index in [-0.39, 0.29) is 30.9 Å². The number of carbonyl (C=O) groups is 2. The number of nitrogens with zero attached hydrogens (tertiary/aromatic N) is 3. The Hall–Kier alpha value is -1.96. The molecular weight excluding hydrogens is 276 g/mol. The van der Waals surface area contributed by atoms with Crippen LogP contribution in [0.3, 0.4) is 0 Å². The van der Waals surface area contributed by atoms with Gasteiger partial charge in [0.05, 0.1) is 19.1 Å². The Morgan fingerprint density at radius 1 is 1.43 bits per heavy atom. The van der Waals surface area contributed by atoms with E-state index in [0.29, 0.717) is 38.2 Å². The Morgan fingerprint density at radius 2 is 2.14 bits per heavy atom. The third kappa shape index (κ3) is 4.25. The van der Waals surface area contributed by atoms with Crippen LogP contribution in [0, 0.1) is 0 Å². The smallest absolute Gasteiger partial charge is 0.305 e. The molecule has 0 saturated carbocycles. The molecule has 1 aromatic heterocycles. The summed E-state index contributed by atoms with van der Waals surface area (Å²) >= 11 is 0. The molecule has 1 amide bonds. The highest BCUT2D eigenvalue weighted by molar-refractivity contribution is 5.90. The third-order valence-electron chi connectivity index (χ3n) is 3.46. The highest BCUT2D eigenvalue weighted by Gasteiger charge is 2.26. The van der Waals surface area contributed by atoms with Crippen LogP contribution in [0.4, 0.5) is 0 Å². The van der Waals surface area contributed by atoms with Gasteiger partial charge in [0.2, 0.25) is 5.82 Å². The molecule has 0 radical (unpaired) electrons. The van der Waals surface area contributed by atoms with Crippen molar-refractivity contribution >= 4 is 11.9 Å². The number of carbonyl (C=O) groups excluding carboxylic acids is 1. The zero-order valence-electron chi connectivity index (χ0n) is 12.0. The Morgan fingerprint density at radius 3 is 2.71 bits per heavy atom. The molecule has 2 heterocycles. The van der Waals surface area contributed by atoms with E-state index in [1.807, 2.05) is 6.92 Å². The maximum absolute atomic E-state index is 12.2. The van der Waals surface area contributed by atoms with Crippen LogP contribution in [0.1, 0.15) is 42.6 Å². The first-order valence-electron chi connectivity index (χ1n) is 7.14. The lowest BCUT2D eigenvalue weighted by Gasteiger charge is -2.31. The lowest BCUT2D eigenvalue weighted by Crippen LogP contribution is -2.41. The highest BCUT2D eigenvalue weighted by Crippen LogP contribution is 2.15. The summed E-state index contributed by atoms with van der Waals surface area (Å²) in [5, 5.41) is 15.2. The fraction of sp³-hybridized carbons (Fsp3) is 0.692. The number of H-pyrrole nitrogens is 1. The standard InChI is InChI=1S/C13H20N4O4/c1-2-10-14-12(16-15-10)13(20)17-6-3-9(4-7-17)21-8-5-11(18)19/h9H,2-8H2,1H3,(H,18,19)(H,14,15,16). The largest absolute Gasteiger partial charge is 0.481 e. The molecule has 8 nitrogen and oxygen atoms in total. The first kappa shape index (κ1) is 15.4. The minimum Gasteiger partial charge on any atom is -0.481 e. The number of ether oxygens (including phenoxy) is 1. The van der Waals surface area contributed by atoms with Crippen molar-refractivity contribution < 1.29 is 19.4 Å². The predicted molar refractivity (Wildman–Crippen MR) is 72.9 cm³/mol. The molecular formula is C13H20N4O4. The van der Waals surface area contributed by atoms with Gasteiger partial charge in [-0.25, -0.2) is 4.98 Å². The quantitative estimate of drug-likeness (QED) is 0.789. The monoisotopic (exact) mass is 296 g/mol. The zero-order chi connectivity index (χ0) is 15.2. The van der Waals surface area contributed by atoms with Gasteiger partial charge in [0.25, 0.3) is 5.91 Å². The minimum atomic E-state index is -0.862. The van der Waals surface area contributed by atoms with E-state index in [0.717, 1.165) is 0 Å². The van der Waals surface area contributed by atoms with Crippen molar-refractivity contribution in [3.8, 4) is 0 Å². The van der Waals surface area contributed by atoms with Crippen LogP contribution >= 0.6 is 0 Å². The van der Waals surface area contributed by atoms with Crippen molar-refractivity contribution in [3.05, 3.63) is 11.6 Å². The number of amides is 1. The molecule has 0 atom stereocenters. The number of rotatable bonds is 6. The van der Waals surface area contributed by atoms with Crippen molar-refractivity contribution in [3.63, 3.8) is 0 Å². The molecule has 1 fully saturated rings. The Kier molecular flexibility index (Phi) is 5.26. The van der Waals surface area contributed by atoms with E-state index < -0.39 is 5.97 Å². The molecule has 0 spiro atoms. The second-order valence-corrected chi connectivity index (χ2v) is 4.97. The van der Waals surface area contributed by atoms with Crippen LogP contribution in [-0.4, -0.2) is 62.9 Å². The number of aromatic amines is 1. The maximum atomic E-state index is 12.2. The summed E-state index contributed by atoms with van der Waals surface area (Å²) in [6.45, 7) is 3.31. The second-order valence-electron chi connectivity index (χ2n) is 4.97. The van der Waals surface area contributed by atoms with Crippen molar-refractivity contribution in [2.75, 3.05) is 19.7 Å². The SMILES string of the molecule is CCc1nc(C(=O)N2CCC(OCCC(=O)O)CC2)n[nH]1. The van der Waals surface area contributed by atoms with Crippen molar-refractivity contribution in [1.29, 1.82) is 0 Å².